The van der Waals surface area contributed by atoms with E-state index < -0.39 is 0 Å². The molecule has 1 saturated heterocycles. The molecule has 4 nitrogen and oxygen atoms in total. The Bertz CT molecular complexity index is 438. The summed E-state index contributed by atoms with van der Waals surface area (Å²) in [4.78, 5) is 16.3. The van der Waals surface area contributed by atoms with Crippen LogP contribution in [0.3, 0.4) is 0 Å². The molecule has 1 amide bonds. The Morgan fingerprint density at radius 1 is 1.44 bits per heavy atom. The molecule has 1 heterocycles. The molecule has 0 spiro atoms. The van der Waals surface area contributed by atoms with E-state index in [0.717, 1.165) is 12.2 Å². The number of likely N-dealkylation sites (N-methyl/N-ethyl adjacent to an activating group) is 2. The SMILES string of the molecule is CNCC1C(=O)N(c2cccc(Cl)c2)CCN1C. The van der Waals surface area contributed by atoms with Crippen LogP contribution in [-0.4, -0.2) is 50.6 Å². The van der Waals surface area contributed by atoms with Crippen molar-refractivity contribution in [2.75, 3.05) is 38.6 Å². The number of nitrogens with one attached hydrogen (secondary N) is 1. The van der Waals surface area contributed by atoms with Crippen molar-refractivity contribution in [3.05, 3.63) is 29.3 Å². The Balaban J connectivity index is 2.21. The molecule has 1 aliphatic rings. The molecule has 2 rings (SSSR count). The number of benzene rings is 1. The predicted molar refractivity (Wildman–Crippen MR) is 74.1 cm³/mol. The number of halogens is 1. The lowest BCUT2D eigenvalue weighted by Crippen LogP contribution is -2.58. The third-order valence-electron chi connectivity index (χ3n) is 3.28. The number of carbonyl (C=O) groups is 1. The van der Waals surface area contributed by atoms with E-state index in [1.807, 2.05) is 43.3 Å². The highest BCUT2D eigenvalue weighted by atomic mass is 35.5. The molecule has 1 atom stereocenters. The van der Waals surface area contributed by atoms with E-state index in [9.17, 15) is 4.79 Å². The lowest BCUT2D eigenvalue weighted by atomic mass is 10.1. The van der Waals surface area contributed by atoms with E-state index in [4.69, 9.17) is 11.6 Å². The first kappa shape index (κ1) is 13.3. The summed E-state index contributed by atoms with van der Waals surface area (Å²) in [6.45, 7) is 2.23. The van der Waals surface area contributed by atoms with Crippen molar-refractivity contribution in [2.45, 2.75) is 6.04 Å². The van der Waals surface area contributed by atoms with E-state index in [1.165, 1.54) is 0 Å². The third kappa shape index (κ3) is 2.66. The molecule has 1 aliphatic heterocycles. The van der Waals surface area contributed by atoms with Crippen molar-refractivity contribution in [3.8, 4) is 0 Å². The molecular formula is C13H18ClN3O. The summed E-state index contributed by atoms with van der Waals surface area (Å²) in [6.07, 6.45) is 0. The molecule has 0 aromatic heterocycles. The maximum absolute atomic E-state index is 12.4. The van der Waals surface area contributed by atoms with Gasteiger partial charge in [-0.3, -0.25) is 9.69 Å². The van der Waals surface area contributed by atoms with Crippen LogP contribution in [0.1, 0.15) is 0 Å². The Morgan fingerprint density at radius 3 is 2.89 bits per heavy atom. The van der Waals surface area contributed by atoms with Gasteiger partial charge in [0, 0.05) is 30.3 Å². The molecule has 18 heavy (non-hydrogen) atoms. The van der Waals surface area contributed by atoms with Crippen molar-refractivity contribution < 1.29 is 4.79 Å². The second-order valence-corrected chi connectivity index (χ2v) is 4.96. The van der Waals surface area contributed by atoms with Crippen LogP contribution >= 0.6 is 11.6 Å². The van der Waals surface area contributed by atoms with Gasteiger partial charge in [-0.2, -0.15) is 0 Å². The summed E-state index contributed by atoms with van der Waals surface area (Å²) in [5.74, 6) is 0.125. The van der Waals surface area contributed by atoms with E-state index in [1.54, 1.807) is 0 Å². The normalized spacial score (nSPS) is 21.4. The molecule has 0 aliphatic carbocycles. The number of carbonyl (C=O) groups excluding carboxylic acids is 1. The number of nitrogens with zero attached hydrogens (tertiary/aromatic N) is 2. The van der Waals surface area contributed by atoms with E-state index >= 15 is 0 Å². The first-order chi connectivity index (χ1) is 8.63. The predicted octanol–water partition coefficient (Wildman–Crippen LogP) is 1.21. The highest BCUT2D eigenvalue weighted by Crippen LogP contribution is 2.22. The lowest BCUT2D eigenvalue weighted by molar-refractivity contribution is -0.125. The molecule has 1 aromatic carbocycles. The van der Waals surface area contributed by atoms with Crippen LogP contribution in [0.2, 0.25) is 5.02 Å². The molecule has 98 valence electrons. The topological polar surface area (TPSA) is 35.6 Å². The van der Waals surface area contributed by atoms with Crippen molar-refractivity contribution in [2.24, 2.45) is 0 Å². The summed E-state index contributed by atoms with van der Waals surface area (Å²) >= 11 is 5.98. The molecule has 0 radical (unpaired) electrons. The summed E-state index contributed by atoms with van der Waals surface area (Å²) in [5, 5.41) is 3.72. The average Bonchev–Trinajstić information content (AvgIpc) is 2.34. The maximum Gasteiger partial charge on any atom is 0.245 e. The largest absolute Gasteiger partial charge is 0.318 e. The minimum Gasteiger partial charge on any atom is -0.318 e. The summed E-state index contributed by atoms with van der Waals surface area (Å²) < 4.78 is 0. The Morgan fingerprint density at radius 2 is 2.22 bits per heavy atom. The molecule has 0 bridgehead atoms. The highest BCUT2D eigenvalue weighted by Gasteiger charge is 2.32. The van der Waals surface area contributed by atoms with Crippen LogP contribution in [0, 0.1) is 0 Å². The Kier molecular flexibility index (Phi) is 4.22. The van der Waals surface area contributed by atoms with Gasteiger partial charge >= 0.3 is 0 Å². The first-order valence-electron chi connectivity index (χ1n) is 6.05. The van der Waals surface area contributed by atoms with E-state index in [0.29, 0.717) is 18.1 Å². The molecular weight excluding hydrogens is 250 g/mol. The summed E-state index contributed by atoms with van der Waals surface area (Å²) in [6, 6.07) is 7.34. The van der Waals surface area contributed by atoms with Gasteiger partial charge in [0.05, 0.1) is 0 Å². The smallest absolute Gasteiger partial charge is 0.245 e. The third-order valence-corrected chi connectivity index (χ3v) is 3.51. The second kappa shape index (κ2) is 5.69. The molecule has 1 N–H and O–H groups in total. The van der Waals surface area contributed by atoms with Crippen LogP contribution in [0.25, 0.3) is 0 Å². The fourth-order valence-corrected chi connectivity index (χ4v) is 2.41. The van der Waals surface area contributed by atoms with Gasteiger partial charge in [0.15, 0.2) is 0 Å². The van der Waals surface area contributed by atoms with Gasteiger partial charge in [0.1, 0.15) is 6.04 Å². The van der Waals surface area contributed by atoms with Crippen molar-refractivity contribution >= 4 is 23.2 Å². The fourth-order valence-electron chi connectivity index (χ4n) is 2.23. The summed E-state index contributed by atoms with van der Waals surface area (Å²) in [7, 11) is 3.84. The number of hydrogen-bond acceptors (Lipinski definition) is 3. The van der Waals surface area contributed by atoms with Gasteiger partial charge in [-0.15, -0.1) is 0 Å². The van der Waals surface area contributed by atoms with Crippen LogP contribution < -0.4 is 10.2 Å². The van der Waals surface area contributed by atoms with Gasteiger partial charge in [-0.25, -0.2) is 0 Å². The Labute approximate surface area is 113 Å². The molecule has 1 unspecified atom stereocenters. The molecule has 1 aromatic rings. The zero-order valence-electron chi connectivity index (χ0n) is 10.7. The van der Waals surface area contributed by atoms with Gasteiger partial charge in [0.25, 0.3) is 0 Å². The van der Waals surface area contributed by atoms with Gasteiger partial charge < -0.3 is 10.2 Å². The number of rotatable bonds is 3. The number of piperazine rings is 1. The maximum atomic E-state index is 12.4. The lowest BCUT2D eigenvalue weighted by Gasteiger charge is -2.38. The van der Waals surface area contributed by atoms with Gasteiger partial charge in [-0.1, -0.05) is 17.7 Å². The monoisotopic (exact) mass is 267 g/mol. The number of amides is 1. The Hall–Kier alpha value is -1.10. The van der Waals surface area contributed by atoms with Gasteiger partial charge in [-0.05, 0) is 32.3 Å². The van der Waals surface area contributed by atoms with Crippen molar-refractivity contribution in [3.63, 3.8) is 0 Å². The molecule has 1 fully saturated rings. The van der Waals surface area contributed by atoms with Crippen LogP contribution in [0.5, 0.6) is 0 Å². The minimum absolute atomic E-state index is 0.109. The molecule has 0 saturated carbocycles. The molecule has 5 heteroatoms. The average molecular weight is 268 g/mol. The zero-order chi connectivity index (χ0) is 13.1. The number of hydrogen-bond donors (Lipinski definition) is 1. The van der Waals surface area contributed by atoms with Crippen LogP contribution in [-0.2, 0) is 4.79 Å². The van der Waals surface area contributed by atoms with Gasteiger partial charge in [0.2, 0.25) is 5.91 Å². The highest BCUT2D eigenvalue weighted by molar-refractivity contribution is 6.30. The number of anilines is 1. The van der Waals surface area contributed by atoms with E-state index in [-0.39, 0.29) is 11.9 Å². The van der Waals surface area contributed by atoms with E-state index in [2.05, 4.69) is 10.2 Å². The van der Waals surface area contributed by atoms with Crippen molar-refractivity contribution in [1.82, 2.24) is 10.2 Å². The quantitative estimate of drug-likeness (QED) is 0.894. The first-order valence-corrected chi connectivity index (χ1v) is 6.43. The van der Waals surface area contributed by atoms with Crippen LogP contribution in [0.4, 0.5) is 5.69 Å². The summed E-state index contributed by atoms with van der Waals surface area (Å²) in [5.41, 5.74) is 0.877. The van der Waals surface area contributed by atoms with Crippen LogP contribution in [0.15, 0.2) is 24.3 Å². The standard InChI is InChI=1S/C13H18ClN3O/c1-15-9-12-13(18)17(7-6-16(12)2)11-5-3-4-10(14)8-11/h3-5,8,12,15H,6-7,9H2,1-2H3. The van der Waals surface area contributed by atoms with Crippen molar-refractivity contribution in [1.29, 1.82) is 0 Å². The fraction of sp³-hybridized carbons (Fsp3) is 0.462. The minimum atomic E-state index is -0.109. The second-order valence-electron chi connectivity index (χ2n) is 4.52. The zero-order valence-corrected chi connectivity index (χ0v) is 11.4.